The molecule has 0 N–H and O–H groups in total. The van der Waals surface area contributed by atoms with Gasteiger partial charge in [0.2, 0.25) is 15.9 Å². The highest BCUT2D eigenvalue weighted by Crippen LogP contribution is 2.32. The lowest BCUT2D eigenvalue weighted by Crippen LogP contribution is -2.52. The summed E-state index contributed by atoms with van der Waals surface area (Å²) in [5.74, 6) is -0.171. The molecular formula is C18H23FN4O3S2. The Morgan fingerprint density at radius 2 is 1.82 bits per heavy atom. The number of carbonyl (C=O) groups is 1. The summed E-state index contributed by atoms with van der Waals surface area (Å²) < 4.78 is 38.9. The van der Waals surface area contributed by atoms with Gasteiger partial charge in [0, 0.05) is 45.2 Å². The van der Waals surface area contributed by atoms with Gasteiger partial charge in [-0.1, -0.05) is 11.3 Å². The number of fused-ring (bicyclic) bond motifs is 1. The van der Waals surface area contributed by atoms with E-state index in [0.717, 1.165) is 41.3 Å². The van der Waals surface area contributed by atoms with Gasteiger partial charge in [-0.2, -0.15) is 4.31 Å². The highest BCUT2D eigenvalue weighted by Gasteiger charge is 2.32. The van der Waals surface area contributed by atoms with Crippen LogP contribution in [0.25, 0.3) is 10.2 Å². The van der Waals surface area contributed by atoms with Crippen LogP contribution >= 0.6 is 11.3 Å². The van der Waals surface area contributed by atoms with Crippen molar-refractivity contribution in [2.24, 2.45) is 5.92 Å². The second-order valence-electron chi connectivity index (χ2n) is 7.36. The predicted molar refractivity (Wildman–Crippen MR) is 108 cm³/mol. The third-order valence-corrected chi connectivity index (χ3v) is 7.86. The number of rotatable bonds is 3. The van der Waals surface area contributed by atoms with Gasteiger partial charge in [-0.25, -0.2) is 17.8 Å². The zero-order valence-corrected chi connectivity index (χ0v) is 17.3. The minimum Gasteiger partial charge on any atom is -0.348 e. The largest absolute Gasteiger partial charge is 0.348 e. The maximum Gasteiger partial charge on any atom is 0.225 e. The fourth-order valence-corrected chi connectivity index (χ4v) is 5.71. The molecule has 7 nitrogen and oxygen atoms in total. The molecule has 1 aromatic heterocycles. The minimum atomic E-state index is -3.19. The van der Waals surface area contributed by atoms with Crippen LogP contribution in [0.1, 0.15) is 12.8 Å². The molecule has 3 heterocycles. The molecule has 2 aromatic rings. The van der Waals surface area contributed by atoms with Crippen molar-refractivity contribution in [2.75, 3.05) is 50.4 Å². The molecule has 28 heavy (non-hydrogen) atoms. The summed E-state index contributed by atoms with van der Waals surface area (Å²) in [4.78, 5) is 21.4. The van der Waals surface area contributed by atoms with E-state index in [0.29, 0.717) is 26.2 Å². The van der Waals surface area contributed by atoms with E-state index in [1.54, 1.807) is 11.0 Å². The smallest absolute Gasteiger partial charge is 0.225 e. The number of carbonyl (C=O) groups excluding carboxylic acids is 1. The van der Waals surface area contributed by atoms with Crippen LogP contribution in [0.15, 0.2) is 18.2 Å². The van der Waals surface area contributed by atoms with Crippen LogP contribution < -0.4 is 4.90 Å². The summed E-state index contributed by atoms with van der Waals surface area (Å²) in [5.41, 5.74) is 0.795. The van der Waals surface area contributed by atoms with Crippen molar-refractivity contribution in [3.63, 3.8) is 0 Å². The van der Waals surface area contributed by atoms with Gasteiger partial charge in [-0.05, 0) is 31.0 Å². The van der Waals surface area contributed by atoms with Crippen LogP contribution in [-0.4, -0.2) is 74.0 Å². The van der Waals surface area contributed by atoms with Crippen LogP contribution in [0.4, 0.5) is 9.52 Å². The number of hydrogen-bond acceptors (Lipinski definition) is 6. The number of amides is 1. The van der Waals surface area contributed by atoms with Gasteiger partial charge in [-0.15, -0.1) is 0 Å². The third-order valence-electron chi connectivity index (χ3n) is 5.47. The second-order valence-corrected chi connectivity index (χ2v) is 10.3. The first kappa shape index (κ1) is 19.5. The van der Waals surface area contributed by atoms with Crippen molar-refractivity contribution in [3.05, 3.63) is 24.0 Å². The highest BCUT2D eigenvalue weighted by atomic mass is 32.2. The van der Waals surface area contributed by atoms with Crippen LogP contribution in [0.5, 0.6) is 0 Å². The minimum absolute atomic E-state index is 0.0344. The van der Waals surface area contributed by atoms with Crippen molar-refractivity contribution in [2.45, 2.75) is 12.8 Å². The number of aromatic nitrogens is 1. The van der Waals surface area contributed by atoms with E-state index in [2.05, 4.69) is 9.88 Å². The molecule has 0 bridgehead atoms. The molecule has 1 amide bonds. The molecule has 2 aliphatic heterocycles. The Hall–Kier alpha value is -1.78. The average molecular weight is 427 g/mol. The van der Waals surface area contributed by atoms with Crippen molar-refractivity contribution < 1.29 is 17.6 Å². The summed E-state index contributed by atoms with van der Waals surface area (Å²) in [6.07, 6.45) is 2.70. The first-order valence-corrected chi connectivity index (χ1v) is 12.0. The second kappa shape index (κ2) is 7.57. The number of piperidine rings is 1. The standard InChI is InChI=1S/C18H23FN4O3S2/c1-28(25,26)23-10-8-21(9-11-23)17(24)13-4-6-22(7-5-13)18-20-15-3-2-14(19)12-16(15)27-18/h2-3,12-13H,4-11H2,1H3. The molecular weight excluding hydrogens is 403 g/mol. The topological polar surface area (TPSA) is 73.8 Å². The predicted octanol–water partition coefficient (Wildman–Crippen LogP) is 1.76. The maximum atomic E-state index is 13.4. The SMILES string of the molecule is CS(=O)(=O)N1CCN(C(=O)C2CCN(c3nc4ccc(F)cc4s3)CC2)CC1. The zero-order chi connectivity index (χ0) is 19.9. The third kappa shape index (κ3) is 3.99. The Kier molecular flexibility index (Phi) is 5.28. The molecule has 4 rings (SSSR count). The summed E-state index contributed by atoms with van der Waals surface area (Å²) in [6, 6.07) is 4.61. The monoisotopic (exact) mass is 426 g/mol. The van der Waals surface area contributed by atoms with E-state index in [-0.39, 0.29) is 17.6 Å². The van der Waals surface area contributed by atoms with Gasteiger partial charge >= 0.3 is 0 Å². The van der Waals surface area contributed by atoms with Crippen LogP contribution in [0.3, 0.4) is 0 Å². The van der Waals surface area contributed by atoms with Crippen LogP contribution in [0, 0.1) is 11.7 Å². The molecule has 0 atom stereocenters. The summed E-state index contributed by atoms with van der Waals surface area (Å²) in [6.45, 7) is 3.12. The van der Waals surface area contributed by atoms with E-state index in [1.807, 2.05) is 0 Å². The number of benzene rings is 1. The molecule has 152 valence electrons. The molecule has 0 saturated carbocycles. The molecule has 0 spiro atoms. The van der Waals surface area contributed by atoms with E-state index in [9.17, 15) is 17.6 Å². The Morgan fingerprint density at radius 1 is 1.14 bits per heavy atom. The first-order valence-electron chi connectivity index (χ1n) is 9.36. The lowest BCUT2D eigenvalue weighted by molar-refractivity contribution is -0.137. The van der Waals surface area contributed by atoms with Gasteiger partial charge in [-0.3, -0.25) is 4.79 Å². The molecule has 10 heteroatoms. The normalized spacial score (nSPS) is 20.1. The van der Waals surface area contributed by atoms with Crippen molar-refractivity contribution in [1.29, 1.82) is 0 Å². The Bertz CT molecular complexity index is 978. The lowest BCUT2D eigenvalue weighted by Gasteiger charge is -2.37. The quantitative estimate of drug-likeness (QED) is 0.748. The zero-order valence-electron chi connectivity index (χ0n) is 15.7. The number of halogens is 1. The molecule has 0 aliphatic carbocycles. The molecule has 2 fully saturated rings. The summed E-state index contributed by atoms with van der Waals surface area (Å²) in [7, 11) is -3.19. The molecule has 1 aromatic carbocycles. The fraction of sp³-hybridized carbons (Fsp3) is 0.556. The number of sulfonamides is 1. The fourth-order valence-electron chi connectivity index (χ4n) is 3.84. The van der Waals surface area contributed by atoms with Crippen molar-refractivity contribution in [1.82, 2.24) is 14.2 Å². The Balaban J connectivity index is 1.34. The number of piperazine rings is 1. The number of anilines is 1. The average Bonchev–Trinajstić information content (AvgIpc) is 3.10. The van der Waals surface area contributed by atoms with Crippen LogP contribution in [0.2, 0.25) is 0 Å². The van der Waals surface area contributed by atoms with Crippen molar-refractivity contribution in [3.8, 4) is 0 Å². The van der Waals surface area contributed by atoms with Gasteiger partial charge in [0.15, 0.2) is 5.13 Å². The first-order chi connectivity index (χ1) is 13.3. The van der Waals surface area contributed by atoms with E-state index in [1.165, 1.54) is 34.0 Å². The lowest BCUT2D eigenvalue weighted by atomic mass is 9.95. The Morgan fingerprint density at radius 3 is 2.46 bits per heavy atom. The molecule has 2 saturated heterocycles. The molecule has 0 unspecified atom stereocenters. The van der Waals surface area contributed by atoms with E-state index in [4.69, 9.17) is 0 Å². The van der Waals surface area contributed by atoms with Gasteiger partial charge in [0.25, 0.3) is 0 Å². The number of thiazole rings is 1. The highest BCUT2D eigenvalue weighted by molar-refractivity contribution is 7.88. The summed E-state index contributed by atoms with van der Waals surface area (Å²) in [5, 5.41) is 0.869. The van der Waals surface area contributed by atoms with Gasteiger partial charge < -0.3 is 9.80 Å². The molecule has 0 radical (unpaired) electrons. The van der Waals surface area contributed by atoms with E-state index < -0.39 is 10.0 Å². The Labute approximate surface area is 167 Å². The van der Waals surface area contributed by atoms with Crippen LogP contribution in [-0.2, 0) is 14.8 Å². The maximum absolute atomic E-state index is 13.4. The van der Waals surface area contributed by atoms with E-state index >= 15 is 0 Å². The van der Waals surface area contributed by atoms with Gasteiger partial charge in [0.1, 0.15) is 5.82 Å². The number of hydrogen-bond donors (Lipinski definition) is 0. The number of nitrogens with zero attached hydrogens (tertiary/aromatic N) is 4. The van der Waals surface area contributed by atoms with Gasteiger partial charge in [0.05, 0.1) is 16.5 Å². The summed E-state index contributed by atoms with van der Waals surface area (Å²) >= 11 is 1.48. The van der Waals surface area contributed by atoms with Crippen molar-refractivity contribution >= 4 is 42.6 Å². The molecule has 2 aliphatic rings.